The van der Waals surface area contributed by atoms with Gasteiger partial charge in [-0.25, -0.2) is 19.9 Å². The molecule has 3 rings (SSSR count). The molecule has 0 saturated carbocycles. The van der Waals surface area contributed by atoms with Crippen LogP contribution < -0.4 is 10.2 Å². The van der Waals surface area contributed by atoms with Crippen LogP contribution in [0, 0.1) is 5.92 Å². The van der Waals surface area contributed by atoms with Crippen molar-refractivity contribution in [1.29, 1.82) is 0 Å². The van der Waals surface area contributed by atoms with Crippen LogP contribution in [0.4, 0.5) is 11.9 Å². The summed E-state index contributed by atoms with van der Waals surface area (Å²) in [6.07, 6.45) is 6.63. The van der Waals surface area contributed by atoms with Gasteiger partial charge in [-0.05, 0) is 12.0 Å². The molecule has 0 atom stereocenters. The van der Waals surface area contributed by atoms with E-state index in [0.29, 0.717) is 49.6 Å². The van der Waals surface area contributed by atoms with Gasteiger partial charge in [0.1, 0.15) is 0 Å². The molecule has 0 aromatic carbocycles. The molecule has 0 aliphatic carbocycles. The molecule has 25 heavy (non-hydrogen) atoms. The number of carbonyl (C=O) groups is 1. The van der Waals surface area contributed by atoms with Crippen molar-refractivity contribution in [3.8, 4) is 0 Å². The minimum absolute atomic E-state index is 0.0379. The quantitative estimate of drug-likeness (QED) is 0.877. The highest BCUT2D eigenvalue weighted by molar-refractivity contribution is 5.93. The number of nitrogens with one attached hydrogen (secondary N) is 1. The van der Waals surface area contributed by atoms with Gasteiger partial charge in [0, 0.05) is 57.5 Å². The number of piperazine rings is 1. The van der Waals surface area contributed by atoms with E-state index in [1.54, 1.807) is 30.9 Å². The average Bonchev–Trinajstić information content (AvgIpc) is 2.67. The molecule has 0 radical (unpaired) electrons. The van der Waals surface area contributed by atoms with Crippen molar-refractivity contribution < 1.29 is 4.79 Å². The van der Waals surface area contributed by atoms with Crippen LogP contribution in [-0.2, 0) is 0 Å². The summed E-state index contributed by atoms with van der Waals surface area (Å²) in [7, 11) is 0. The summed E-state index contributed by atoms with van der Waals surface area (Å²) >= 11 is 0. The second-order valence-electron chi connectivity index (χ2n) is 6.40. The average molecular weight is 341 g/mol. The molecule has 1 N–H and O–H groups in total. The Morgan fingerprint density at radius 3 is 2.32 bits per heavy atom. The summed E-state index contributed by atoms with van der Waals surface area (Å²) in [5.41, 5.74) is 0.513. The van der Waals surface area contributed by atoms with Crippen LogP contribution >= 0.6 is 0 Å². The van der Waals surface area contributed by atoms with E-state index in [9.17, 15) is 4.79 Å². The first-order valence-electron chi connectivity index (χ1n) is 8.50. The zero-order valence-corrected chi connectivity index (χ0v) is 14.6. The van der Waals surface area contributed by atoms with Gasteiger partial charge in [-0.15, -0.1) is 0 Å². The van der Waals surface area contributed by atoms with E-state index in [4.69, 9.17) is 0 Å². The van der Waals surface area contributed by atoms with Gasteiger partial charge in [0.15, 0.2) is 0 Å². The SMILES string of the molecule is CC(C)CNc1ncc(C(=O)N2CCN(c3ncccn3)CC2)cn1. The lowest BCUT2D eigenvalue weighted by Gasteiger charge is -2.34. The molecular formula is C17H23N7O. The standard InChI is InChI=1S/C17H23N7O/c1-13(2)10-20-16-21-11-14(12-22-16)15(25)23-6-8-24(9-7-23)17-18-4-3-5-19-17/h3-5,11-13H,6-10H2,1-2H3,(H,20,21,22). The van der Waals surface area contributed by atoms with Crippen molar-refractivity contribution in [2.45, 2.75) is 13.8 Å². The third-order valence-corrected chi connectivity index (χ3v) is 3.97. The lowest BCUT2D eigenvalue weighted by Crippen LogP contribution is -2.49. The molecule has 1 amide bonds. The van der Waals surface area contributed by atoms with Crippen LogP contribution in [0.5, 0.6) is 0 Å². The number of rotatable bonds is 5. The fraction of sp³-hybridized carbons (Fsp3) is 0.471. The molecule has 0 spiro atoms. The van der Waals surface area contributed by atoms with Crippen LogP contribution in [0.25, 0.3) is 0 Å². The number of amides is 1. The smallest absolute Gasteiger partial charge is 0.257 e. The van der Waals surface area contributed by atoms with Gasteiger partial charge in [-0.3, -0.25) is 4.79 Å². The topological polar surface area (TPSA) is 87.1 Å². The normalized spacial score (nSPS) is 14.7. The second kappa shape index (κ2) is 7.87. The van der Waals surface area contributed by atoms with E-state index in [0.717, 1.165) is 6.54 Å². The summed E-state index contributed by atoms with van der Waals surface area (Å²) in [4.78, 5) is 33.5. The molecule has 8 nitrogen and oxygen atoms in total. The highest BCUT2D eigenvalue weighted by Crippen LogP contribution is 2.12. The Bertz CT molecular complexity index is 682. The van der Waals surface area contributed by atoms with Crippen molar-refractivity contribution >= 4 is 17.8 Å². The minimum atomic E-state index is -0.0379. The molecule has 2 aromatic heterocycles. The largest absolute Gasteiger partial charge is 0.354 e. The molecule has 0 bridgehead atoms. The Balaban J connectivity index is 1.55. The molecule has 3 heterocycles. The summed E-state index contributed by atoms with van der Waals surface area (Å²) < 4.78 is 0. The Morgan fingerprint density at radius 2 is 1.72 bits per heavy atom. The van der Waals surface area contributed by atoms with E-state index in [1.165, 1.54) is 0 Å². The Kier molecular flexibility index (Phi) is 5.37. The van der Waals surface area contributed by atoms with Gasteiger partial charge in [0.2, 0.25) is 11.9 Å². The van der Waals surface area contributed by atoms with Crippen LogP contribution in [-0.4, -0.2) is 63.5 Å². The lowest BCUT2D eigenvalue weighted by atomic mass is 10.2. The van der Waals surface area contributed by atoms with Crippen molar-refractivity contribution in [1.82, 2.24) is 24.8 Å². The third kappa shape index (κ3) is 4.40. The van der Waals surface area contributed by atoms with E-state index in [2.05, 4.69) is 44.0 Å². The fourth-order valence-corrected chi connectivity index (χ4v) is 2.57. The zero-order chi connectivity index (χ0) is 17.6. The van der Waals surface area contributed by atoms with Gasteiger partial charge in [0.25, 0.3) is 5.91 Å². The zero-order valence-electron chi connectivity index (χ0n) is 14.6. The van der Waals surface area contributed by atoms with E-state index < -0.39 is 0 Å². The molecule has 132 valence electrons. The van der Waals surface area contributed by atoms with Crippen molar-refractivity contribution in [2.75, 3.05) is 42.9 Å². The maximum atomic E-state index is 12.6. The van der Waals surface area contributed by atoms with Gasteiger partial charge in [0.05, 0.1) is 5.56 Å². The monoisotopic (exact) mass is 341 g/mol. The van der Waals surface area contributed by atoms with Crippen LogP contribution in [0.15, 0.2) is 30.9 Å². The van der Waals surface area contributed by atoms with Crippen molar-refractivity contribution in [3.63, 3.8) is 0 Å². The first-order chi connectivity index (χ1) is 12.1. The van der Waals surface area contributed by atoms with Crippen LogP contribution in [0.2, 0.25) is 0 Å². The van der Waals surface area contributed by atoms with E-state index in [1.807, 2.05) is 4.90 Å². The minimum Gasteiger partial charge on any atom is -0.354 e. The highest BCUT2D eigenvalue weighted by Gasteiger charge is 2.23. The summed E-state index contributed by atoms with van der Waals surface area (Å²) in [5, 5.41) is 3.15. The highest BCUT2D eigenvalue weighted by atomic mass is 16.2. The van der Waals surface area contributed by atoms with Crippen LogP contribution in [0.3, 0.4) is 0 Å². The summed E-state index contributed by atoms with van der Waals surface area (Å²) in [6, 6.07) is 1.79. The molecule has 0 unspecified atom stereocenters. The number of aromatic nitrogens is 4. The van der Waals surface area contributed by atoms with Crippen molar-refractivity contribution in [3.05, 3.63) is 36.4 Å². The summed E-state index contributed by atoms with van der Waals surface area (Å²) in [5.74, 6) is 1.73. The molecule has 1 aliphatic rings. The number of hydrogen-bond donors (Lipinski definition) is 1. The molecule has 8 heteroatoms. The Labute approximate surface area is 147 Å². The molecular weight excluding hydrogens is 318 g/mol. The molecule has 1 aliphatic heterocycles. The van der Waals surface area contributed by atoms with E-state index in [-0.39, 0.29) is 5.91 Å². The van der Waals surface area contributed by atoms with Gasteiger partial charge >= 0.3 is 0 Å². The summed E-state index contributed by atoms with van der Waals surface area (Å²) in [6.45, 7) is 7.72. The molecule has 2 aromatic rings. The Morgan fingerprint density at radius 1 is 1.08 bits per heavy atom. The van der Waals surface area contributed by atoms with Gasteiger partial charge in [-0.2, -0.15) is 0 Å². The predicted molar refractivity (Wildman–Crippen MR) is 95.5 cm³/mol. The van der Waals surface area contributed by atoms with E-state index >= 15 is 0 Å². The predicted octanol–water partition coefficient (Wildman–Crippen LogP) is 1.30. The first kappa shape index (κ1) is 17.1. The lowest BCUT2D eigenvalue weighted by molar-refractivity contribution is 0.0745. The third-order valence-electron chi connectivity index (χ3n) is 3.97. The second-order valence-corrected chi connectivity index (χ2v) is 6.40. The van der Waals surface area contributed by atoms with Crippen molar-refractivity contribution in [2.24, 2.45) is 5.92 Å². The number of nitrogens with zero attached hydrogens (tertiary/aromatic N) is 6. The van der Waals surface area contributed by atoms with Crippen LogP contribution in [0.1, 0.15) is 24.2 Å². The molecule has 1 fully saturated rings. The van der Waals surface area contributed by atoms with Gasteiger partial charge in [-0.1, -0.05) is 13.8 Å². The maximum Gasteiger partial charge on any atom is 0.257 e. The number of carbonyl (C=O) groups excluding carboxylic acids is 1. The molecule has 1 saturated heterocycles. The Hall–Kier alpha value is -2.77. The van der Waals surface area contributed by atoms with Gasteiger partial charge < -0.3 is 15.1 Å². The fourth-order valence-electron chi connectivity index (χ4n) is 2.57. The first-order valence-corrected chi connectivity index (χ1v) is 8.50. The number of hydrogen-bond acceptors (Lipinski definition) is 7. The maximum absolute atomic E-state index is 12.6. The number of anilines is 2.